The Morgan fingerprint density at radius 3 is 2.44 bits per heavy atom. The fraction of sp³-hybridized carbons (Fsp3) is 0.923. The first kappa shape index (κ1) is 17.2. The fourth-order valence-electron chi connectivity index (χ4n) is 1.86. The average molecular weight is 257 g/mol. The summed E-state index contributed by atoms with van der Waals surface area (Å²) in [4.78, 5) is 6.62. The summed E-state index contributed by atoms with van der Waals surface area (Å²) in [5.74, 6) is 6.86. The second-order valence-corrected chi connectivity index (χ2v) is 5.46. The third-order valence-electron chi connectivity index (χ3n) is 2.60. The van der Waals surface area contributed by atoms with E-state index in [1.54, 1.807) is 0 Å². The third-order valence-corrected chi connectivity index (χ3v) is 2.60. The molecule has 1 unspecified atom stereocenters. The van der Waals surface area contributed by atoms with Crippen LogP contribution in [-0.2, 0) is 0 Å². The predicted molar refractivity (Wildman–Crippen MR) is 79.5 cm³/mol. The Balaban J connectivity index is 4.36. The molecule has 5 heteroatoms. The number of aliphatic imine (C=N–C) groups is 1. The van der Waals surface area contributed by atoms with Gasteiger partial charge in [0.15, 0.2) is 0 Å². The molecule has 0 bridgehead atoms. The topological polar surface area (TPSA) is 65.7 Å². The summed E-state index contributed by atoms with van der Waals surface area (Å²) in [6, 6.07) is 0.372. The molecule has 0 aliphatic carbocycles. The number of nitrogens with one attached hydrogen (secondary N) is 2. The average Bonchev–Trinajstić information content (AvgIpc) is 2.26. The summed E-state index contributed by atoms with van der Waals surface area (Å²) in [6.07, 6.45) is 3.34. The van der Waals surface area contributed by atoms with Crippen LogP contribution in [0.3, 0.4) is 0 Å². The van der Waals surface area contributed by atoms with Crippen molar-refractivity contribution in [2.75, 3.05) is 27.2 Å². The lowest BCUT2D eigenvalue weighted by Gasteiger charge is -2.25. The summed E-state index contributed by atoms with van der Waals surface area (Å²) in [5.41, 5.74) is 2.66. The van der Waals surface area contributed by atoms with E-state index < -0.39 is 0 Å². The van der Waals surface area contributed by atoms with Crippen molar-refractivity contribution in [2.45, 2.75) is 46.1 Å². The van der Waals surface area contributed by atoms with Crippen molar-refractivity contribution in [2.24, 2.45) is 16.8 Å². The summed E-state index contributed by atoms with van der Waals surface area (Å²) < 4.78 is 0. The second kappa shape index (κ2) is 10.1. The summed E-state index contributed by atoms with van der Waals surface area (Å²) in [7, 11) is 4.16. The number of hydrazine groups is 1. The number of unbranched alkanes of at least 4 members (excludes halogenated alkanes) is 1. The Kier molecular flexibility index (Phi) is 9.69. The van der Waals surface area contributed by atoms with E-state index in [9.17, 15) is 0 Å². The minimum absolute atomic E-state index is 0.372. The van der Waals surface area contributed by atoms with E-state index >= 15 is 0 Å². The molecule has 0 radical (unpaired) electrons. The maximum Gasteiger partial charge on any atom is 0.205 e. The molecule has 1 atom stereocenters. The van der Waals surface area contributed by atoms with E-state index in [-0.39, 0.29) is 0 Å². The van der Waals surface area contributed by atoms with Gasteiger partial charge in [-0.3, -0.25) is 10.4 Å². The number of guanidine groups is 1. The highest BCUT2D eigenvalue weighted by Crippen LogP contribution is 2.05. The summed E-state index contributed by atoms with van der Waals surface area (Å²) in [6.45, 7) is 8.42. The number of nitrogens with zero attached hydrogens (tertiary/aromatic N) is 2. The maximum absolute atomic E-state index is 5.51. The smallest absolute Gasteiger partial charge is 0.205 e. The van der Waals surface area contributed by atoms with Crippen LogP contribution in [0.1, 0.15) is 40.0 Å². The molecule has 0 aromatic heterocycles. The largest absolute Gasteiger partial charge is 0.351 e. The van der Waals surface area contributed by atoms with Gasteiger partial charge in [0.05, 0.1) is 0 Å². The molecule has 0 aliphatic rings. The lowest BCUT2D eigenvalue weighted by atomic mass is 10.0. The van der Waals surface area contributed by atoms with Gasteiger partial charge >= 0.3 is 0 Å². The van der Waals surface area contributed by atoms with Crippen molar-refractivity contribution in [1.29, 1.82) is 0 Å². The van der Waals surface area contributed by atoms with Crippen molar-refractivity contribution >= 4 is 5.96 Å². The molecular weight excluding hydrogens is 226 g/mol. The molecule has 5 nitrogen and oxygen atoms in total. The second-order valence-electron chi connectivity index (χ2n) is 5.46. The van der Waals surface area contributed by atoms with Gasteiger partial charge in [0.2, 0.25) is 5.96 Å². The Morgan fingerprint density at radius 2 is 2.00 bits per heavy atom. The molecule has 0 amide bonds. The van der Waals surface area contributed by atoms with E-state index in [0.29, 0.717) is 17.9 Å². The number of rotatable bonds is 8. The Bertz CT molecular complexity index is 215. The zero-order valence-electron chi connectivity index (χ0n) is 12.7. The molecular formula is C13H31N5. The van der Waals surface area contributed by atoms with Crippen LogP contribution in [0, 0.1) is 5.92 Å². The Morgan fingerprint density at radius 1 is 1.33 bits per heavy atom. The van der Waals surface area contributed by atoms with Crippen LogP contribution in [0.4, 0.5) is 0 Å². The lowest BCUT2D eigenvalue weighted by molar-refractivity contribution is 0.326. The SMILES string of the molecule is CCCCN=C(NN)NC(CC(C)C)CN(C)C. The zero-order chi connectivity index (χ0) is 14.0. The van der Waals surface area contributed by atoms with Crippen LogP contribution in [0.5, 0.6) is 0 Å². The highest BCUT2D eigenvalue weighted by molar-refractivity contribution is 5.79. The van der Waals surface area contributed by atoms with Gasteiger partial charge in [-0.15, -0.1) is 0 Å². The van der Waals surface area contributed by atoms with Crippen LogP contribution in [-0.4, -0.2) is 44.1 Å². The van der Waals surface area contributed by atoms with E-state index in [0.717, 1.165) is 32.4 Å². The molecule has 18 heavy (non-hydrogen) atoms. The predicted octanol–water partition coefficient (Wildman–Crippen LogP) is 1.17. The lowest BCUT2D eigenvalue weighted by Crippen LogP contribution is -2.50. The van der Waals surface area contributed by atoms with E-state index in [1.807, 2.05) is 0 Å². The number of nitrogens with two attached hydrogens (primary N) is 1. The normalized spacial score (nSPS) is 14.1. The van der Waals surface area contributed by atoms with Gasteiger partial charge in [-0.1, -0.05) is 27.2 Å². The molecule has 0 saturated carbocycles. The maximum atomic E-state index is 5.51. The first-order valence-electron chi connectivity index (χ1n) is 6.91. The Labute approximate surface area is 112 Å². The summed E-state index contributed by atoms with van der Waals surface area (Å²) in [5, 5.41) is 3.40. The molecule has 0 fully saturated rings. The number of likely N-dealkylation sites (N-methyl/N-ethyl adjacent to an activating group) is 1. The molecule has 108 valence electrons. The van der Waals surface area contributed by atoms with E-state index in [4.69, 9.17) is 5.84 Å². The van der Waals surface area contributed by atoms with Gasteiger partial charge in [0.25, 0.3) is 0 Å². The minimum Gasteiger partial charge on any atom is -0.351 e. The van der Waals surface area contributed by atoms with Gasteiger partial charge in [-0.05, 0) is 32.9 Å². The first-order valence-corrected chi connectivity index (χ1v) is 6.91. The van der Waals surface area contributed by atoms with Crippen molar-refractivity contribution in [3.63, 3.8) is 0 Å². The van der Waals surface area contributed by atoms with Gasteiger partial charge < -0.3 is 10.2 Å². The van der Waals surface area contributed by atoms with E-state index in [2.05, 4.69) is 55.5 Å². The van der Waals surface area contributed by atoms with Gasteiger partial charge in [0, 0.05) is 19.1 Å². The number of hydrogen-bond donors (Lipinski definition) is 3. The molecule has 0 aromatic carbocycles. The van der Waals surface area contributed by atoms with Crippen LogP contribution < -0.4 is 16.6 Å². The van der Waals surface area contributed by atoms with Gasteiger partial charge in [-0.2, -0.15) is 0 Å². The zero-order valence-corrected chi connectivity index (χ0v) is 12.7. The third kappa shape index (κ3) is 9.24. The first-order chi connectivity index (χ1) is 8.49. The van der Waals surface area contributed by atoms with Crippen LogP contribution in [0.25, 0.3) is 0 Å². The molecule has 0 heterocycles. The van der Waals surface area contributed by atoms with Crippen molar-refractivity contribution in [3.05, 3.63) is 0 Å². The molecule has 4 N–H and O–H groups in total. The van der Waals surface area contributed by atoms with Crippen LogP contribution in [0.15, 0.2) is 4.99 Å². The van der Waals surface area contributed by atoms with Crippen LogP contribution >= 0.6 is 0 Å². The van der Waals surface area contributed by atoms with Crippen molar-refractivity contribution in [1.82, 2.24) is 15.6 Å². The highest BCUT2D eigenvalue weighted by Gasteiger charge is 2.13. The van der Waals surface area contributed by atoms with Gasteiger partial charge in [0.1, 0.15) is 0 Å². The van der Waals surface area contributed by atoms with Gasteiger partial charge in [-0.25, -0.2) is 5.84 Å². The van der Waals surface area contributed by atoms with E-state index in [1.165, 1.54) is 0 Å². The molecule has 0 aliphatic heterocycles. The summed E-state index contributed by atoms with van der Waals surface area (Å²) >= 11 is 0. The fourth-order valence-corrected chi connectivity index (χ4v) is 1.86. The Hall–Kier alpha value is -0.810. The molecule has 0 saturated heterocycles. The number of hydrogen-bond acceptors (Lipinski definition) is 3. The van der Waals surface area contributed by atoms with Crippen molar-refractivity contribution in [3.8, 4) is 0 Å². The minimum atomic E-state index is 0.372. The standard InChI is InChI=1S/C13H31N5/c1-6-7-8-15-13(17-14)16-12(9-11(2)3)10-18(4)5/h11-12H,6-10,14H2,1-5H3,(H2,15,16,17). The quantitative estimate of drug-likeness (QED) is 0.201. The molecule has 0 aromatic rings. The molecule has 0 spiro atoms. The highest BCUT2D eigenvalue weighted by atomic mass is 15.3. The van der Waals surface area contributed by atoms with Crippen LogP contribution in [0.2, 0.25) is 0 Å². The molecule has 0 rings (SSSR count). The van der Waals surface area contributed by atoms with Crippen molar-refractivity contribution < 1.29 is 0 Å². The monoisotopic (exact) mass is 257 g/mol.